The lowest BCUT2D eigenvalue weighted by Gasteiger charge is -2.15. The number of ether oxygens (including phenoxy) is 3. The molecule has 0 aliphatic heterocycles. The van der Waals surface area contributed by atoms with Crippen molar-refractivity contribution in [3.05, 3.63) is 70.1 Å². The zero-order chi connectivity index (χ0) is 24.0. The lowest BCUT2D eigenvalue weighted by molar-refractivity contribution is 0.0952. The number of carbonyl (C=O) groups is 2. The summed E-state index contributed by atoms with van der Waals surface area (Å²) < 4.78 is 16.1. The predicted octanol–water partition coefficient (Wildman–Crippen LogP) is 5.08. The SMILES string of the molecule is COc1cc(OC)c(OC)cc1CNC(=O)c1ccsc1NC(=O)c1ccc(C(C)C)cc1. The molecule has 33 heavy (non-hydrogen) atoms. The molecule has 0 aliphatic rings. The van der Waals surface area contributed by atoms with Crippen molar-refractivity contribution in [2.24, 2.45) is 0 Å². The Kier molecular flexibility index (Phi) is 7.95. The van der Waals surface area contributed by atoms with Crippen LogP contribution in [0.2, 0.25) is 0 Å². The Morgan fingerprint density at radius 1 is 0.879 bits per heavy atom. The van der Waals surface area contributed by atoms with Crippen molar-refractivity contribution < 1.29 is 23.8 Å². The monoisotopic (exact) mass is 468 g/mol. The van der Waals surface area contributed by atoms with Gasteiger partial charge in [0.1, 0.15) is 10.8 Å². The number of amides is 2. The second kappa shape index (κ2) is 10.9. The molecule has 0 aliphatic carbocycles. The maximum Gasteiger partial charge on any atom is 0.256 e. The van der Waals surface area contributed by atoms with Crippen molar-refractivity contribution >= 4 is 28.2 Å². The minimum Gasteiger partial charge on any atom is -0.496 e. The van der Waals surface area contributed by atoms with E-state index in [0.717, 1.165) is 11.1 Å². The van der Waals surface area contributed by atoms with Crippen molar-refractivity contribution in [2.75, 3.05) is 26.6 Å². The lowest BCUT2D eigenvalue weighted by atomic mass is 10.0. The van der Waals surface area contributed by atoms with E-state index < -0.39 is 0 Å². The first kappa shape index (κ1) is 24.1. The van der Waals surface area contributed by atoms with Gasteiger partial charge in [0.25, 0.3) is 11.8 Å². The van der Waals surface area contributed by atoms with Gasteiger partial charge in [0.2, 0.25) is 0 Å². The van der Waals surface area contributed by atoms with Crippen LogP contribution in [0.4, 0.5) is 5.00 Å². The third-order valence-corrected chi connectivity index (χ3v) is 6.03. The summed E-state index contributed by atoms with van der Waals surface area (Å²) in [5.41, 5.74) is 2.82. The van der Waals surface area contributed by atoms with E-state index in [2.05, 4.69) is 24.5 Å². The number of rotatable bonds is 9. The molecule has 3 aromatic rings. The second-order valence-corrected chi connectivity index (χ2v) is 8.51. The van der Waals surface area contributed by atoms with Crippen LogP contribution in [0.1, 0.15) is 51.6 Å². The van der Waals surface area contributed by atoms with Crippen molar-refractivity contribution in [3.8, 4) is 17.2 Å². The van der Waals surface area contributed by atoms with Gasteiger partial charge in [-0.3, -0.25) is 9.59 Å². The standard InChI is InChI=1S/C25H28N2O5S/c1-15(2)16-6-8-17(9-7-16)23(28)27-25-19(10-11-33-25)24(29)26-14-18-12-21(31-4)22(32-5)13-20(18)30-3/h6-13,15H,14H2,1-5H3,(H,26,29)(H,27,28). The molecule has 1 aromatic heterocycles. The van der Waals surface area contributed by atoms with Gasteiger partial charge in [-0.25, -0.2) is 0 Å². The van der Waals surface area contributed by atoms with E-state index in [1.165, 1.54) is 11.3 Å². The van der Waals surface area contributed by atoms with E-state index in [1.807, 2.05) is 12.1 Å². The van der Waals surface area contributed by atoms with Crippen LogP contribution in [0.3, 0.4) is 0 Å². The van der Waals surface area contributed by atoms with Gasteiger partial charge in [-0.1, -0.05) is 26.0 Å². The summed E-state index contributed by atoms with van der Waals surface area (Å²) in [6, 6.07) is 12.6. The number of hydrogen-bond acceptors (Lipinski definition) is 6. The summed E-state index contributed by atoms with van der Waals surface area (Å²) >= 11 is 1.30. The normalized spacial score (nSPS) is 10.6. The largest absolute Gasteiger partial charge is 0.496 e. The van der Waals surface area contributed by atoms with E-state index in [-0.39, 0.29) is 18.4 Å². The maximum atomic E-state index is 12.9. The molecule has 3 rings (SSSR count). The molecule has 1 heterocycles. The van der Waals surface area contributed by atoms with Gasteiger partial charge in [0.15, 0.2) is 11.5 Å². The minimum absolute atomic E-state index is 0.211. The first-order valence-electron chi connectivity index (χ1n) is 10.4. The molecule has 0 unspecified atom stereocenters. The van der Waals surface area contributed by atoms with E-state index in [9.17, 15) is 9.59 Å². The van der Waals surface area contributed by atoms with Crippen molar-refractivity contribution in [1.82, 2.24) is 5.32 Å². The fourth-order valence-electron chi connectivity index (χ4n) is 3.28. The average Bonchev–Trinajstić information content (AvgIpc) is 3.29. The van der Waals surface area contributed by atoms with Crippen LogP contribution < -0.4 is 24.8 Å². The summed E-state index contributed by atoms with van der Waals surface area (Å²) in [5, 5.41) is 7.98. The molecule has 0 saturated carbocycles. The Labute approximate surface area is 197 Å². The van der Waals surface area contributed by atoms with Gasteiger partial charge >= 0.3 is 0 Å². The molecule has 174 valence electrons. The molecule has 2 aromatic carbocycles. The molecule has 0 saturated heterocycles. The summed E-state index contributed by atoms with van der Waals surface area (Å²) in [6.45, 7) is 4.41. The zero-order valence-electron chi connectivity index (χ0n) is 19.4. The van der Waals surface area contributed by atoms with Crippen LogP contribution in [0, 0.1) is 0 Å². The Hall–Kier alpha value is -3.52. The average molecular weight is 469 g/mol. The number of hydrogen-bond donors (Lipinski definition) is 2. The van der Waals surface area contributed by atoms with Crippen LogP contribution in [0.5, 0.6) is 17.2 Å². The predicted molar refractivity (Wildman–Crippen MR) is 130 cm³/mol. The van der Waals surface area contributed by atoms with Crippen LogP contribution in [0.15, 0.2) is 47.8 Å². The summed E-state index contributed by atoms with van der Waals surface area (Å²) in [4.78, 5) is 25.5. The summed E-state index contributed by atoms with van der Waals surface area (Å²) in [5.74, 6) is 1.46. The third-order valence-electron chi connectivity index (χ3n) is 5.20. The Morgan fingerprint density at radius 3 is 2.12 bits per heavy atom. The van der Waals surface area contributed by atoms with Gasteiger partial charge in [0.05, 0.1) is 26.9 Å². The lowest BCUT2D eigenvalue weighted by Crippen LogP contribution is -2.24. The van der Waals surface area contributed by atoms with Crippen LogP contribution in [0.25, 0.3) is 0 Å². The highest BCUT2D eigenvalue weighted by Crippen LogP contribution is 2.34. The molecule has 0 spiro atoms. The maximum absolute atomic E-state index is 12.9. The second-order valence-electron chi connectivity index (χ2n) is 7.60. The van der Waals surface area contributed by atoms with Crippen LogP contribution in [-0.4, -0.2) is 33.1 Å². The van der Waals surface area contributed by atoms with Gasteiger partial charge in [-0.05, 0) is 41.1 Å². The van der Waals surface area contributed by atoms with Crippen LogP contribution >= 0.6 is 11.3 Å². The number of methoxy groups -OCH3 is 3. The summed E-state index contributed by atoms with van der Waals surface area (Å²) in [6.07, 6.45) is 0. The fourth-order valence-corrected chi connectivity index (χ4v) is 4.06. The molecular formula is C25H28N2O5S. The minimum atomic E-state index is -0.307. The van der Waals surface area contributed by atoms with E-state index in [1.54, 1.807) is 57.0 Å². The van der Waals surface area contributed by atoms with Crippen molar-refractivity contribution in [3.63, 3.8) is 0 Å². The highest BCUT2D eigenvalue weighted by molar-refractivity contribution is 7.14. The van der Waals surface area contributed by atoms with Crippen molar-refractivity contribution in [2.45, 2.75) is 26.3 Å². The number of carbonyl (C=O) groups excluding carboxylic acids is 2. The first-order chi connectivity index (χ1) is 15.9. The third kappa shape index (κ3) is 5.64. The zero-order valence-corrected chi connectivity index (χ0v) is 20.2. The molecular weight excluding hydrogens is 440 g/mol. The fraction of sp³-hybridized carbons (Fsp3) is 0.280. The van der Waals surface area contributed by atoms with Gasteiger partial charge in [-0.15, -0.1) is 11.3 Å². The molecule has 2 amide bonds. The number of thiophene rings is 1. The number of nitrogens with one attached hydrogen (secondary N) is 2. The van der Waals surface area contributed by atoms with E-state index in [4.69, 9.17) is 14.2 Å². The summed E-state index contributed by atoms with van der Waals surface area (Å²) in [7, 11) is 4.64. The number of anilines is 1. The molecule has 0 bridgehead atoms. The molecule has 8 heteroatoms. The quantitative estimate of drug-likeness (QED) is 0.457. The molecule has 0 radical (unpaired) electrons. The van der Waals surface area contributed by atoms with Gasteiger partial charge in [0, 0.05) is 23.7 Å². The van der Waals surface area contributed by atoms with E-state index >= 15 is 0 Å². The number of benzene rings is 2. The highest BCUT2D eigenvalue weighted by Gasteiger charge is 2.18. The highest BCUT2D eigenvalue weighted by atomic mass is 32.1. The Morgan fingerprint density at radius 2 is 1.52 bits per heavy atom. The topological polar surface area (TPSA) is 85.9 Å². The van der Waals surface area contributed by atoms with Crippen molar-refractivity contribution in [1.29, 1.82) is 0 Å². The van der Waals surface area contributed by atoms with Crippen LogP contribution in [-0.2, 0) is 6.54 Å². The molecule has 0 atom stereocenters. The Bertz CT molecular complexity index is 1120. The Balaban J connectivity index is 1.70. The van der Waals surface area contributed by atoms with Gasteiger partial charge in [-0.2, -0.15) is 0 Å². The smallest absolute Gasteiger partial charge is 0.256 e. The van der Waals surface area contributed by atoms with Gasteiger partial charge < -0.3 is 24.8 Å². The van der Waals surface area contributed by atoms with E-state index in [0.29, 0.717) is 39.3 Å². The molecule has 7 nitrogen and oxygen atoms in total. The molecule has 0 fully saturated rings. The molecule has 2 N–H and O–H groups in total. The first-order valence-corrected chi connectivity index (χ1v) is 11.3.